The molecule has 1 heteroatoms. The standard InChI is InChI=1S/C20H27Br/c1-19(2,3)17-9-16(4-5-18(17)21)20-10-13-6-14(11-20)8-15(7-13)12-20/h4-5,9,13-15H,6-8,10-12H2,1-3H3. The van der Waals surface area contributed by atoms with Gasteiger partial charge < -0.3 is 0 Å². The van der Waals surface area contributed by atoms with Crippen molar-refractivity contribution in [1.82, 2.24) is 0 Å². The molecule has 0 N–H and O–H groups in total. The molecule has 0 nitrogen and oxygen atoms in total. The SMILES string of the molecule is CC(C)(C)c1cc(C23CC4CC(CC(C4)C2)C3)ccc1Br. The zero-order valence-corrected chi connectivity index (χ0v) is 15.2. The van der Waals surface area contributed by atoms with Crippen molar-refractivity contribution in [2.24, 2.45) is 17.8 Å². The predicted octanol–water partition coefficient (Wildman–Crippen LogP) is 6.21. The second-order valence-corrected chi connectivity index (χ2v) is 10.00. The third-order valence-corrected chi connectivity index (χ3v) is 7.12. The Bertz CT molecular complexity index is 528. The largest absolute Gasteiger partial charge is 0.0573 e. The zero-order valence-electron chi connectivity index (χ0n) is 13.6. The summed E-state index contributed by atoms with van der Waals surface area (Å²) in [7, 11) is 0. The lowest BCUT2D eigenvalue weighted by Gasteiger charge is -2.57. The summed E-state index contributed by atoms with van der Waals surface area (Å²) in [4.78, 5) is 0. The summed E-state index contributed by atoms with van der Waals surface area (Å²) in [5.74, 6) is 3.08. The number of benzene rings is 1. The van der Waals surface area contributed by atoms with Crippen molar-refractivity contribution in [2.45, 2.75) is 70.1 Å². The Hall–Kier alpha value is -0.300. The van der Waals surface area contributed by atoms with Gasteiger partial charge in [-0.3, -0.25) is 0 Å². The first-order valence-corrected chi connectivity index (χ1v) is 9.45. The minimum atomic E-state index is 0.219. The molecule has 21 heavy (non-hydrogen) atoms. The molecule has 1 aromatic rings. The minimum Gasteiger partial charge on any atom is -0.0573 e. The van der Waals surface area contributed by atoms with Crippen LogP contribution in [0.1, 0.15) is 70.4 Å². The van der Waals surface area contributed by atoms with E-state index in [0.29, 0.717) is 5.41 Å². The van der Waals surface area contributed by atoms with E-state index >= 15 is 0 Å². The second-order valence-electron chi connectivity index (χ2n) is 9.14. The first-order chi connectivity index (χ1) is 9.86. The molecule has 0 amide bonds. The lowest BCUT2D eigenvalue weighted by molar-refractivity contribution is -0.00524. The van der Waals surface area contributed by atoms with E-state index in [2.05, 4.69) is 54.9 Å². The summed E-state index contributed by atoms with van der Waals surface area (Å²) < 4.78 is 1.28. The van der Waals surface area contributed by atoms with Crippen LogP contribution < -0.4 is 0 Å². The van der Waals surface area contributed by atoms with Crippen molar-refractivity contribution < 1.29 is 0 Å². The molecule has 0 unspecified atom stereocenters. The van der Waals surface area contributed by atoms with E-state index in [0.717, 1.165) is 17.8 Å². The molecule has 0 radical (unpaired) electrons. The second kappa shape index (κ2) is 4.60. The Balaban J connectivity index is 1.77. The maximum Gasteiger partial charge on any atom is 0.0212 e. The molecule has 4 saturated carbocycles. The monoisotopic (exact) mass is 346 g/mol. The van der Waals surface area contributed by atoms with Gasteiger partial charge in [-0.25, -0.2) is 0 Å². The normalized spacial score (nSPS) is 38.0. The van der Waals surface area contributed by atoms with Crippen LogP contribution in [0.25, 0.3) is 0 Å². The van der Waals surface area contributed by atoms with Crippen LogP contribution in [0.3, 0.4) is 0 Å². The molecule has 4 bridgehead atoms. The van der Waals surface area contributed by atoms with E-state index in [9.17, 15) is 0 Å². The molecule has 4 aliphatic rings. The van der Waals surface area contributed by atoms with Crippen molar-refractivity contribution in [2.75, 3.05) is 0 Å². The van der Waals surface area contributed by atoms with Gasteiger partial charge in [-0.05, 0) is 84.3 Å². The molecule has 5 rings (SSSR count). The molecule has 0 heterocycles. The van der Waals surface area contributed by atoms with Gasteiger partial charge in [0.25, 0.3) is 0 Å². The van der Waals surface area contributed by atoms with Gasteiger partial charge in [0.15, 0.2) is 0 Å². The van der Waals surface area contributed by atoms with Gasteiger partial charge >= 0.3 is 0 Å². The summed E-state index contributed by atoms with van der Waals surface area (Å²) in [5.41, 5.74) is 3.87. The van der Waals surface area contributed by atoms with Gasteiger partial charge in [0.05, 0.1) is 0 Å². The Morgan fingerprint density at radius 3 is 1.95 bits per heavy atom. The van der Waals surface area contributed by atoms with Crippen molar-refractivity contribution in [1.29, 1.82) is 0 Å². The summed E-state index contributed by atoms with van der Waals surface area (Å²) in [5, 5.41) is 0. The van der Waals surface area contributed by atoms with Crippen LogP contribution in [0.5, 0.6) is 0 Å². The van der Waals surface area contributed by atoms with Crippen LogP contribution in [-0.4, -0.2) is 0 Å². The number of rotatable bonds is 1. The number of hydrogen-bond acceptors (Lipinski definition) is 0. The quantitative estimate of drug-likeness (QED) is 0.566. The Morgan fingerprint density at radius 1 is 0.952 bits per heavy atom. The molecule has 4 fully saturated rings. The summed E-state index contributed by atoms with van der Waals surface area (Å²) in [6, 6.07) is 7.28. The molecular weight excluding hydrogens is 320 g/mol. The van der Waals surface area contributed by atoms with E-state index in [1.807, 2.05) is 0 Å². The van der Waals surface area contributed by atoms with Gasteiger partial charge in [-0.15, -0.1) is 0 Å². The Morgan fingerprint density at radius 2 is 1.48 bits per heavy atom. The van der Waals surface area contributed by atoms with Crippen LogP contribution in [0.2, 0.25) is 0 Å². The Labute approximate surface area is 137 Å². The topological polar surface area (TPSA) is 0 Å². The third-order valence-electron chi connectivity index (χ3n) is 6.42. The average Bonchev–Trinajstić information content (AvgIpc) is 2.35. The summed E-state index contributed by atoms with van der Waals surface area (Å²) in [6.45, 7) is 6.99. The highest BCUT2D eigenvalue weighted by atomic mass is 79.9. The van der Waals surface area contributed by atoms with Crippen LogP contribution in [-0.2, 0) is 10.8 Å². The maximum absolute atomic E-state index is 3.78. The van der Waals surface area contributed by atoms with Gasteiger partial charge in [0.2, 0.25) is 0 Å². The third kappa shape index (κ3) is 2.31. The lowest BCUT2D eigenvalue weighted by Crippen LogP contribution is -2.48. The summed E-state index contributed by atoms with van der Waals surface area (Å²) in [6.07, 6.45) is 8.98. The molecule has 4 aliphatic carbocycles. The number of halogens is 1. The molecule has 0 atom stereocenters. The molecular formula is C20H27Br. The van der Waals surface area contributed by atoms with Crippen LogP contribution >= 0.6 is 15.9 Å². The van der Waals surface area contributed by atoms with Gasteiger partial charge in [-0.1, -0.05) is 48.8 Å². The first kappa shape index (κ1) is 14.3. The van der Waals surface area contributed by atoms with E-state index in [-0.39, 0.29) is 5.41 Å². The van der Waals surface area contributed by atoms with Crippen LogP contribution in [0.4, 0.5) is 0 Å². The van der Waals surface area contributed by atoms with E-state index in [1.165, 1.54) is 48.6 Å². The molecule has 0 spiro atoms. The fourth-order valence-corrected chi connectivity index (χ4v) is 6.74. The van der Waals surface area contributed by atoms with Gasteiger partial charge in [0.1, 0.15) is 0 Å². The van der Waals surface area contributed by atoms with Gasteiger partial charge in [0, 0.05) is 4.47 Å². The molecule has 1 aromatic carbocycles. The molecule has 0 aliphatic heterocycles. The van der Waals surface area contributed by atoms with Crippen molar-refractivity contribution in [3.05, 3.63) is 33.8 Å². The fraction of sp³-hybridized carbons (Fsp3) is 0.700. The zero-order chi connectivity index (χ0) is 14.8. The van der Waals surface area contributed by atoms with E-state index in [4.69, 9.17) is 0 Å². The molecule has 0 aromatic heterocycles. The number of hydrogen-bond donors (Lipinski definition) is 0. The summed E-state index contributed by atoms with van der Waals surface area (Å²) >= 11 is 3.78. The van der Waals surface area contributed by atoms with E-state index in [1.54, 1.807) is 5.56 Å². The smallest absolute Gasteiger partial charge is 0.0212 e. The van der Waals surface area contributed by atoms with Crippen LogP contribution in [0.15, 0.2) is 22.7 Å². The van der Waals surface area contributed by atoms with Crippen molar-refractivity contribution in [3.8, 4) is 0 Å². The maximum atomic E-state index is 3.78. The highest BCUT2D eigenvalue weighted by molar-refractivity contribution is 9.10. The average molecular weight is 347 g/mol. The van der Waals surface area contributed by atoms with E-state index < -0.39 is 0 Å². The first-order valence-electron chi connectivity index (χ1n) is 8.66. The van der Waals surface area contributed by atoms with Crippen LogP contribution in [0, 0.1) is 17.8 Å². The highest BCUT2D eigenvalue weighted by Crippen LogP contribution is 2.61. The van der Waals surface area contributed by atoms with Crippen molar-refractivity contribution in [3.63, 3.8) is 0 Å². The lowest BCUT2D eigenvalue weighted by atomic mass is 9.48. The van der Waals surface area contributed by atoms with Gasteiger partial charge in [-0.2, -0.15) is 0 Å². The molecule has 0 saturated heterocycles. The van der Waals surface area contributed by atoms with Crippen molar-refractivity contribution >= 4 is 15.9 Å². The fourth-order valence-electron chi connectivity index (χ4n) is 5.89. The predicted molar refractivity (Wildman–Crippen MR) is 92.7 cm³/mol. The Kier molecular flexibility index (Phi) is 3.13. The molecule has 114 valence electrons. The highest BCUT2D eigenvalue weighted by Gasteiger charge is 2.51. The minimum absolute atomic E-state index is 0.219.